The predicted octanol–water partition coefficient (Wildman–Crippen LogP) is 3.10. The highest BCUT2D eigenvalue weighted by molar-refractivity contribution is 5.93. The molecule has 17 heavy (non-hydrogen) atoms. The summed E-state index contributed by atoms with van der Waals surface area (Å²) in [4.78, 5) is 7.39. The van der Waals surface area contributed by atoms with Gasteiger partial charge in [-0.15, -0.1) is 0 Å². The number of rotatable bonds is 1. The first-order chi connectivity index (χ1) is 8.38. The molecule has 0 radical (unpaired) electrons. The average Bonchev–Trinajstić information content (AvgIpc) is 2.83. The number of pyridine rings is 1. The highest BCUT2D eigenvalue weighted by Gasteiger charge is 2.05. The summed E-state index contributed by atoms with van der Waals surface area (Å²) in [6.45, 7) is 0. The Morgan fingerprint density at radius 1 is 1.12 bits per heavy atom. The molecule has 0 bridgehead atoms. The molecule has 1 aromatic carbocycles. The van der Waals surface area contributed by atoms with Gasteiger partial charge in [0, 0.05) is 23.3 Å². The number of nitrogens with zero attached hydrogens (tertiary/aromatic N) is 2. The lowest BCUT2D eigenvalue weighted by Crippen LogP contribution is -1.78. The fraction of sp³-hybridized carbons (Fsp3) is 0. The SMILES string of the molecule is N#Cc1ccc(-c2c[nH]c3ncccc23)cc1. The first-order valence-electron chi connectivity index (χ1n) is 5.31. The van der Waals surface area contributed by atoms with E-state index in [1.54, 1.807) is 6.20 Å². The van der Waals surface area contributed by atoms with Gasteiger partial charge in [0.05, 0.1) is 11.6 Å². The molecule has 3 rings (SSSR count). The minimum atomic E-state index is 0.673. The van der Waals surface area contributed by atoms with E-state index in [4.69, 9.17) is 5.26 Å². The normalized spacial score (nSPS) is 10.3. The van der Waals surface area contributed by atoms with Crippen LogP contribution in [0.1, 0.15) is 5.56 Å². The summed E-state index contributed by atoms with van der Waals surface area (Å²) < 4.78 is 0. The van der Waals surface area contributed by atoms with Crippen molar-refractivity contribution >= 4 is 11.0 Å². The van der Waals surface area contributed by atoms with Gasteiger partial charge in [-0.25, -0.2) is 4.98 Å². The van der Waals surface area contributed by atoms with Gasteiger partial charge in [0.25, 0.3) is 0 Å². The van der Waals surface area contributed by atoms with Gasteiger partial charge in [0.2, 0.25) is 0 Å². The van der Waals surface area contributed by atoms with Crippen molar-refractivity contribution in [3.05, 3.63) is 54.4 Å². The molecule has 0 atom stereocenters. The monoisotopic (exact) mass is 219 g/mol. The number of aromatic amines is 1. The molecule has 0 aliphatic rings. The summed E-state index contributed by atoms with van der Waals surface area (Å²) in [6, 6.07) is 13.6. The second-order valence-electron chi connectivity index (χ2n) is 3.79. The quantitative estimate of drug-likeness (QED) is 0.683. The Balaban J connectivity index is 2.17. The molecule has 0 saturated heterocycles. The summed E-state index contributed by atoms with van der Waals surface area (Å²) in [5.41, 5.74) is 3.75. The fourth-order valence-electron chi connectivity index (χ4n) is 1.92. The van der Waals surface area contributed by atoms with Crippen LogP contribution in [0, 0.1) is 11.3 Å². The predicted molar refractivity (Wildman–Crippen MR) is 66.2 cm³/mol. The fourth-order valence-corrected chi connectivity index (χ4v) is 1.92. The number of nitrogens with one attached hydrogen (secondary N) is 1. The molecule has 0 fully saturated rings. The second kappa shape index (κ2) is 3.76. The van der Waals surface area contributed by atoms with Gasteiger partial charge >= 0.3 is 0 Å². The van der Waals surface area contributed by atoms with Crippen molar-refractivity contribution in [1.29, 1.82) is 5.26 Å². The molecule has 2 aromatic heterocycles. The van der Waals surface area contributed by atoms with Crippen molar-refractivity contribution in [1.82, 2.24) is 9.97 Å². The number of hydrogen-bond acceptors (Lipinski definition) is 2. The highest BCUT2D eigenvalue weighted by atomic mass is 14.8. The zero-order chi connectivity index (χ0) is 11.7. The van der Waals surface area contributed by atoms with Gasteiger partial charge < -0.3 is 4.98 Å². The Morgan fingerprint density at radius 3 is 2.71 bits per heavy atom. The molecule has 2 heterocycles. The van der Waals surface area contributed by atoms with E-state index in [2.05, 4.69) is 16.0 Å². The summed E-state index contributed by atoms with van der Waals surface area (Å²) in [5, 5.41) is 9.86. The topological polar surface area (TPSA) is 52.5 Å². The van der Waals surface area contributed by atoms with Gasteiger partial charge in [-0.2, -0.15) is 5.26 Å². The second-order valence-corrected chi connectivity index (χ2v) is 3.79. The van der Waals surface area contributed by atoms with Gasteiger partial charge in [0.1, 0.15) is 5.65 Å². The third kappa shape index (κ3) is 1.56. The molecule has 3 heteroatoms. The number of aromatic nitrogens is 2. The molecular formula is C14H9N3. The summed E-state index contributed by atoms with van der Waals surface area (Å²) in [5.74, 6) is 0. The molecule has 0 spiro atoms. The molecule has 1 N–H and O–H groups in total. The third-order valence-corrected chi connectivity index (χ3v) is 2.78. The molecule has 0 aliphatic heterocycles. The van der Waals surface area contributed by atoms with Gasteiger partial charge in [0.15, 0.2) is 0 Å². The van der Waals surface area contributed by atoms with Crippen LogP contribution in [0.4, 0.5) is 0 Å². The Bertz CT molecular complexity index is 702. The standard InChI is InChI=1S/C14H9N3/c15-8-10-3-5-11(6-4-10)13-9-17-14-12(13)2-1-7-16-14/h1-7,9H,(H,16,17). The number of benzene rings is 1. The first kappa shape index (κ1) is 9.61. The van der Waals surface area contributed by atoms with E-state index >= 15 is 0 Å². The van der Waals surface area contributed by atoms with Crippen molar-refractivity contribution in [2.24, 2.45) is 0 Å². The molecular weight excluding hydrogens is 210 g/mol. The van der Waals surface area contributed by atoms with Crippen molar-refractivity contribution in [2.75, 3.05) is 0 Å². The lowest BCUT2D eigenvalue weighted by molar-refractivity contribution is 1.33. The lowest BCUT2D eigenvalue weighted by atomic mass is 10.0. The summed E-state index contributed by atoms with van der Waals surface area (Å²) in [6.07, 6.45) is 3.71. The smallest absolute Gasteiger partial charge is 0.137 e. The van der Waals surface area contributed by atoms with Gasteiger partial charge in [-0.3, -0.25) is 0 Å². The number of H-pyrrole nitrogens is 1. The van der Waals surface area contributed by atoms with Crippen LogP contribution in [0.5, 0.6) is 0 Å². The first-order valence-corrected chi connectivity index (χ1v) is 5.31. The zero-order valence-electron chi connectivity index (χ0n) is 9.01. The van der Waals surface area contributed by atoms with E-state index in [0.29, 0.717) is 5.56 Å². The van der Waals surface area contributed by atoms with Crippen LogP contribution < -0.4 is 0 Å². The lowest BCUT2D eigenvalue weighted by Gasteiger charge is -1.98. The van der Waals surface area contributed by atoms with E-state index < -0.39 is 0 Å². The third-order valence-electron chi connectivity index (χ3n) is 2.78. The largest absolute Gasteiger partial charge is 0.346 e. The molecule has 80 valence electrons. The van der Waals surface area contributed by atoms with Crippen LogP contribution in [0.15, 0.2) is 48.8 Å². The van der Waals surface area contributed by atoms with Crippen LogP contribution >= 0.6 is 0 Å². The van der Waals surface area contributed by atoms with E-state index in [1.165, 1.54) is 0 Å². The molecule has 3 nitrogen and oxygen atoms in total. The molecule has 0 amide bonds. The molecule has 3 aromatic rings. The zero-order valence-corrected chi connectivity index (χ0v) is 9.01. The highest BCUT2D eigenvalue weighted by Crippen LogP contribution is 2.27. The van der Waals surface area contributed by atoms with E-state index in [-0.39, 0.29) is 0 Å². The molecule has 0 unspecified atom stereocenters. The minimum Gasteiger partial charge on any atom is -0.346 e. The Labute approximate surface area is 98.4 Å². The van der Waals surface area contributed by atoms with Crippen LogP contribution in [-0.4, -0.2) is 9.97 Å². The Hall–Kier alpha value is -2.60. The van der Waals surface area contributed by atoms with Crippen molar-refractivity contribution in [3.63, 3.8) is 0 Å². The van der Waals surface area contributed by atoms with Crippen molar-refractivity contribution < 1.29 is 0 Å². The molecule has 0 saturated carbocycles. The van der Waals surface area contributed by atoms with Crippen LogP contribution in [0.25, 0.3) is 22.2 Å². The summed E-state index contributed by atoms with van der Waals surface area (Å²) >= 11 is 0. The Morgan fingerprint density at radius 2 is 1.94 bits per heavy atom. The maximum absolute atomic E-state index is 8.76. The van der Waals surface area contributed by atoms with Crippen LogP contribution in [-0.2, 0) is 0 Å². The minimum absolute atomic E-state index is 0.673. The van der Waals surface area contributed by atoms with Crippen molar-refractivity contribution in [3.8, 4) is 17.2 Å². The van der Waals surface area contributed by atoms with Crippen LogP contribution in [0.2, 0.25) is 0 Å². The van der Waals surface area contributed by atoms with E-state index in [1.807, 2.05) is 42.6 Å². The van der Waals surface area contributed by atoms with Crippen molar-refractivity contribution in [2.45, 2.75) is 0 Å². The van der Waals surface area contributed by atoms with Gasteiger partial charge in [-0.1, -0.05) is 12.1 Å². The average molecular weight is 219 g/mol. The van der Waals surface area contributed by atoms with Crippen LogP contribution in [0.3, 0.4) is 0 Å². The Kier molecular flexibility index (Phi) is 2.13. The summed E-state index contributed by atoms with van der Waals surface area (Å²) in [7, 11) is 0. The number of hydrogen-bond donors (Lipinski definition) is 1. The van der Waals surface area contributed by atoms with Gasteiger partial charge in [-0.05, 0) is 29.8 Å². The van der Waals surface area contributed by atoms with E-state index in [9.17, 15) is 0 Å². The van der Waals surface area contributed by atoms with E-state index in [0.717, 1.165) is 22.2 Å². The number of nitriles is 1. The maximum atomic E-state index is 8.76. The molecule has 0 aliphatic carbocycles. The maximum Gasteiger partial charge on any atom is 0.137 e. The number of fused-ring (bicyclic) bond motifs is 1.